The van der Waals surface area contributed by atoms with E-state index in [0.717, 1.165) is 30.5 Å². The summed E-state index contributed by atoms with van der Waals surface area (Å²) in [5.74, 6) is -0.928. The highest BCUT2D eigenvalue weighted by atomic mass is 16.4. The number of hydrogen-bond acceptors (Lipinski definition) is 3. The van der Waals surface area contributed by atoms with Crippen molar-refractivity contribution >= 4 is 11.7 Å². The number of nitrogens with zero attached hydrogens (tertiary/aromatic N) is 1. The van der Waals surface area contributed by atoms with Crippen LogP contribution in [0.25, 0.3) is 0 Å². The molecule has 0 saturated heterocycles. The van der Waals surface area contributed by atoms with Gasteiger partial charge in [-0.15, -0.1) is 0 Å². The Labute approximate surface area is 88.1 Å². The summed E-state index contributed by atoms with van der Waals surface area (Å²) in [5.41, 5.74) is 8.95. The van der Waals surface area contributed by atoms with Gasteiger partial charge in [0.2, 0.25) is 0 Å². The van der Waals surface area contributed by atoms with Crippen LogP contribution in [-0.4, -0.2) is 16.1 Å². The van der Waals surface area contributed by atoms with Gasteiger partial charge >= 0.3 is 5.97 Å². The fraction of sp³-hybridized carbons (Fsp3) is 0.455. The van der Waals surface area contributed by atoms with E-state index in [1.54, 1.807) is 0 Å². The Morgan fingerprint density at radius 3 is 2.87 bits per heavy atom. The number of aryl methyl sites for hydroxylation is 2. The van der Waals surface area contributed by atoms with E-state index in [9.17, 15) is 4.79 Å². The summed E-state index contributed by atoms with van der Waals surface area (Å²) in [5, 5.41) is 9.14. The second-order valence-corrected chi connectivity index (χ2v) is 3.78. The van der Waals surface area contributed by atoms with Crippen LogP contribution in [0, 0.1) is 0 Å². The molecule has 4 nitrogen and oxygen atoms in total. The number of rotatable bonds is 2. The second kappa shape index (κ2) is 3.53. The monoisotopic (exact) mass is 206 g/mol. The SMILES string of the molecule is CCc1nc2c(c(C(=O)O)c1N)CCC2. The zero-order chi connectivity index (χ0) is 11.0. The van der Waals surface area contributed by atoms with Crippen molar-refractivity contribution in [1.29, 1.82) is 0 Å². The number of carboxylic acids is 1. The maximum atomic E-state index is 11.1. The maximum absolute atomic E-state index is 11.1. The van der Waals surface area contributed by atoms with Gasteiger partial charge in [0.1, 0.15) is 0 Å². The number of fused-ring (bicyclic) bond motifs is 1. The lowest BCUT2D eigenvalue weighted by molar-refractivity contribution is 0.0696. The van der Waals surface area contributed by atoms with Crippen LogP contribution < -0.4 is 5.73 Å². The summed E-state index contributed by atoms with van der Waals surface area (Å²) >= 11 is 0. The molecule has 2 rings (SSSR count). The summed E-state index contributed by atoms with van der Waals surface area (Å²) in [6.45, 7) is 1.94. The van der Waals surface area contributed by atoms with Gasteiger partial charge in [0.15, 0.2) is 0 Å². The normalized spacial score (nSPS) is 13.9. The fourth-order valence-electron chi connectivity index (χ4n) is 2.16. The van der Waals surface area contributed by atoms with Crippen LogP contribution in [0.4, 0.5) is 5.69 Å². The van der Waals surface area contributed by atoms with Crippen LogP contribution in [0.15, 0.2) is 0 Å². The fourth-order valence-corrected chi connectivity index (χ4v) is 2.16. The number of pyridine rings is 1. The minimum atomic E-state index is -0.928. The molecule has 0 fully saturated rings. The molecule has 1 heterocycles. The molecule has 4 heteroatoms. The summed E-state index contributed by atoms with van der Waals surface area (Å²) in [6, 6.07) is 0. The zero-order valence-electron chi connectivity index (χ0n) is 8.71. The number of carbonyl (C=O) groups is 1. The van der Waals surface area contributed by atoms with E-state index in [2.05, 4.69) is 4.98 Å². The highest BCUT2D eigenvalue weighted by molar-refractivity contribution is 5.96. The van der Waals surface area contributed by atoms with Crippen molar-refractivity contribution in [1.82, 2.24) is 4.98 Å². The van der Waals surface area contributed by atoms with Crippen LogP contribution >= 0.6 is 0 Å². The number of aromatic nitrogens is 1. The summed E-state index contributed by atoms with van der Waals surface area (Å²) in [4.78, 5) is 15.6. The van der Waals surface area contributed by atoms with E-state index in [1.165, 1.54) is 0 Å². The van der Waals surface area contributed by atoms with Crippen molar-refractivity contribution in [3.63, 3.8) is 0 Å². The van der Waals surface area contributed by atoms with Gasteiger partial charge in [0.05, 0.1) is 16.9 Å². The highest BCUT2D eigenvalue weighted by Crippen LogP contribution is 2.29. The predicted molar refractivity (Wildman–Crippen MR) is 57.0 cm³/mol. The molecule has 3 N–H and O–H groups in total. The van der Waals surface area contributed by atoms with Crippen molar-refractivity contribution in [2.45, 2.75) is 32.6 Å². The lowest BCUT2D eigenvalue weighted by Gasteiger charge is -2.11. The Balaban J connectivity index is 2.69. The average molecular weight is 206 g/mol. The van der Waals surface area contributed by atoms with Crippen LogP contribution in [0.5, 0.6) is 0 Å². The van der Waals surface area contributed by atoms with Crippen molar-refractivity contribution in [2.75, 3.05) is 5.73 Å². The van der Waals surface area contributed by atoms with E-state index in [-0.39, 0.29) is 5.56 Å². The van der Waals surface area contributed by atoms with E-state index < -0.39 is 5.97 Å². The first-order chi connectivity index (χ1) is 7.15. The summed E-state index contributed by atoms with van der Waals surface area (Å²) < 4.78 is 0. The van der Waals surface area contributed by atoms with E-state index in [0.29, 0.717) is 17.8 Å². The molecule has 80 valence electrons. The molecule has 0 spiro atoms. The first kappa shape index (κ1) is 9.96. The molecule has 0 bridgehead atoms. The van der Waals surface area contributed by atoms with E-state index in [1.807, 2.05) is 6.92 Å². The average Bonchev–Trinajstić information content (AvgIpc) is 2.63. The van der Waals surface area contributed by atoms with Gasteiger partial charge in [-0.05, 0) is 31.2 Å². The van der Waals surface area contributed by atoms with E-state index in [4.69, 9.17) is 10.8 Å². The van der Waals surface area contributed by atoms with Gasteiger partial charge in [-0.2, -0.15) is 0 Å². The third-order valence-electron chi connectivity index (χ3n) is 2.89. The largest absolute Gasteiger partial charge is 0.478 e. The number of anilines is 1. The molecule has 1 aliphatic rings. The molecule has 0 radical (unpaired) electrons. The second-order valence-electron chi connectivity index (χ2n) is 3.78. The molecule has 0 unspecified atom stereocenters. The number of nitrogens with two attached hydrogens (primary N) is 1. The first-order valence-electron chi connectivity index (χ1n) is 5.18. The van der Waals surface area contributed by atoms with Crippen molar-refractivity contribution in [3.05, 3.63) is 22.5 Å². The Morgan fingerprint density at radius 1 is 1.53 bits per heavy atom. The van der Waals surface area contributed by atoms with Gasteiger partial charge in [-0.3, -0.25) is 4.98 Å². The van der Waals surface area contributed by atoms with Gasteiger partial charge in [-0.1, -0.05) is 6.92 Å². The number of aromatic carboxylic acids is 1. The van der Waals surface area contributed by atoms with Crippen LogP contribution in [0.3, 0.4) is 0 Å². The first-order valence-corrected chi connectivity index (χ1v) is 5.18. The van der Waals surface area contributed by atoms with Crippen LogP contribution in [-0.2, 0) is 19.3 Å². The standard InChI is InChI=1S/C11H14N2O2/c1-2-7-10(12)9(11(14)15)6-4-3-5-8(6)13-7/h2-5,12H2,1H3,(H,14,15). The minimum absolute atomic E-state index is 0.286. The lowest BCUT2D eigenvalue weighted by atomic mass is 10.0. The Bertz CT molecular complexity index is 426. The third-order valence-corrected chi connectivity index (χ3v) is 2.89. The van der Waals surface area contributed by atoms with Crippen molar-refractivity contribution in [2.24, 2.45) is 0 Å². The van der Waals surface area contributed by atoms with Crippen molar-refractivity contribution < 1.29 is 9.90 Å². The van der Waals surface area contributed by atoms with Gasteiger partial charge in [0, 0.05) is 5.69 Å². The van der Waals surface area contributed by atoms with Crippen molar-refractivity contribution in [3.8, 4) is 0 Å². The Kier molecular flexibility index (Phi) is 2.34. The molecule has 1 aromatic heterocycles. The molecule has 1 aromatic rings. The number of carboxylic acid groups (broad SMARTS) is 1. The third kappa shape index (κ3) is 1.46. The molecule has 0 aliphatic heterocycles. The van der Waals surface area contributed by atoms with Crippen LogP contribution in [0.1, 0.15) is 40.7 Å². The molecule has 15 heavy (non-hydrogen) atoms. The van der Waals surface area contributed by atoms with Gasteiger partial charge < -0.3 is 10.8 Å². The van der Waals surface area contributed by atoms with Gasteiger partial charge in [-0.25, -0.2) is 4.79 Å². The molecule has 0 atom stereocenters. The molecule has 1 aliphatic carbocycles. The van der Waals surface area contributed by atoms with Gasteiger partial charge in [0.25, 0.3) is 0 Å². The quantitative estimate of drug-likeness (QED) is 0.767. The molecular formula is C11H14N2O2. The molecule has 0 saturated carbocycles. The van der Waals surface area contributed by atoms with E-state index >= 15 is 0 Å². The number of hydrogen-bond donors (Lipinski definition) is 2. The Hall–Kier alpha value is -1.58. The predicted octanol–water partition coefficient (Wildman–Crippen LogP) is 1.41. The smallest absolute Gasteiger partial charge is 0.338 e. The maximum Gasteiger partial charge on any atom is 0.338 e. The lowest BCUT2D eigenvalue weighted by Crippen LogP contribution is -2.12. The molecular weight excluding hydrogens is 192 g/mol. The zero-order valence-corrected chi connectivity index (χ0v) is 8.71. The van der Waals surface area contributed by atoms with Crippen LogP contribution in [0.2, 0.25) is 0 Å². The molecule has 0 amide bonds. The number of nitrogen functional groups attached to an aromatic ring is 1. The summed E-state index contributed by atoms with van der Waals surface area (Å²) in [7, 11) is 0. The topological polar surface area (TPSA) is 76.2 Å². The highest BCUT2D eigenvalue weighted by Gasteiger charge is 2.24. The molecule has 0 aromatic carbocycles. The summed E-state index contributed by atoms with van der Waals surface area (Å²) in [6.07, 6.45) is 3.33. The Morgan fingerprint density at radius 2 is 2.27 bits per heavy atom. The minimum Gasteiger partial charge on any atom is -0.478 e.